The lowest BCUT2D eigenvalue weighted by Crippen LogP contribution is -2.37. The molecule has 1 aliphatic heterocycles. The molecule has 0 aliphatic carbocycles. The normalized spacial score (nSPS) is 16.1. The van der Waals surface area contributed by atoms with Gasteiger partial charge in [-0.05, 0) is 49.2 Å². The quantitative estimate of drug-likeness (QED) is 0.711. The van der Waals surface area contributed by atoms with Crippen molar-refractivity contribution in [1.82, 2.24) is 14.5 Å². The first-order valence-electron chi connectivity index (χ1n) is 7.88. The smallest absolute Gasteiger partial charge is 0.327 e. The zero-order valence-electron chi connectivity index (χ0n) is 12.8. The number of benzene rings is 1. The highest BCUT2D eigenvalue weighted by Crippen LogP contribution is 2.27. The van der Waals surface area contributed by atoms with E-state index in [1.54, 1.807) is 6.20 Å². The van der Waals surface area contributed by atoms with E-state index in [2.05, 4.69) is 27.0 Å². The monoisotopic (exact) mass is 309 g/mol. The van der Waals surface area contributed by atoms with Gasteiger partial charge >= 0.3 is 5.69 Å². The number of fused-ring (bicyclic) bond motifs is 1. The molecule has 1 aromatic carbocycles. The molecule has 23 heavy (non-hydrogen) atoms. The van der Waals surface area contributed by atoms with Crippen molar-refractivity contribution in [3.8, 4) is 0 Å². The van der Waals surface area contributed by atoms with Gasteiger partial charge in [-0.2, -0.15) is 0 Å². The summed E-state index contributed by atoms with van der Waals surface area (Å²) in [5.74, 6) is 0. The zero-order chi connectivity index (χ0) is 15.8. The van der Waals surface area contributed by atoms with Crippen LogP contribution >= 0.6 is 0 Å². The Morgan fingerprint density at radius 3 is 2.61 bits per heavy atom. The minimum Gasteiger partial charge on any atom is -0.399 e. The van der Waals surface area contributed by atoms with Gasteiger partial charge in [0.1, 0.15) is 0 Å². The summed E-state index contributed by atoms with van der Waals surface area (Å²) in [6.07, 6.45) is 3.57. The molecule has 0 atom stereocenters. The predicted octanol–water partition coefficient (Wildman–Crippen LogP) is 2.15. The van der Waals surface area contributed by atoms with Gasteiger partial charge in [0.2, 0.25) is 0 Å². The number of rotatable bonds is 2. The van der Waals surface area contributed by atoms with Crippen LogP contribution in [-0.2, 0) is 0 Å². The number of pyridine rings is 1. The van der Waals surface area contributed by atoms with Gasteiger partial charge in [-0.1, -0.05) is 0 Å². The number of nitrogens with zero attached hydrogens (tertiary/aromatic N) is 3. The number of nitrogens with two attached hydrogens (primary N) is 1. The second-order valence-electron chi connectivity index (χ2n) is 5.98. The summed E-state index contributed by atoms with van der Waals surface area (Å²) in [5.41, 5.74) is 9.20. The van der Waals surface area contributed by atoms with Crippen molar-refractivity contribution in [3.63, 3.8) is 0 Å². The first-order valence-corrected chi connectivity index (χ1v) is 7.88. The van der Waals surface area contributed by atoms with Gasteiger partial charge < -0.3 is 10.6 Å². The molecule has 1 aliphatic rings. The van der Waals surface area contributed by atoms with Crippen molar-refractivity contribution < 1.29 is 0 Å². The van der Waals surface area contributed by atoms with Crippen molar-refractivity contribution >= 4 is 22.5 Å². The van der Waals surface area contributed by atoms with Crippen LogP contribution in [0.3, 0.4) is 0 Å². The average molecular weight is 309 g/mol. The van der Waals surface area contributed by atoms with Crippen molar-refractivity contribution in [2.24, 2.45) is 0 Å². The fourth-order valence-corrected chi connectivity index (χ4v) is 3.39. The third kappa shape index (κ3) is 2.46. The van der Waals surface area contributed by atoms with Crippen molar-refractivity contribution in [1.29, 1.82) is 0 Å². The summed E-state index contributed by atoms with van der Waals surface area (Å²) in [6, 6.07) is 12.0. The number of anilines is 2. The van der Waals surface area contributed by atoms with E-state index < -0.39 is 0 Å². The number of hydrogen-bond donors (Lipinski definition) is 2. The van der Waals surface area contributed by atoms with E-state index in [0.29, 0.717) is 5.65 Å². The van der Waals surface area contributed by atoms with Gasteiger partial charge in [-0.25, -0.2) is 9.78 Å². The number of aromatic amines is 1. The maximum absolute atomic E-state index is 12.3. The molecule has 1 saturated heterocycles. The Labute approximate surface area is 133 Å². The standard InChI is InChI=1S/C17H19N5O/c18-12-3-5-13(6-4-12)21-10-7-14(8-11-21)22-15-2-1-9-19-16(15)20-17(22)23/h1-6,9,14H,7-8,10-11,18H2,(H,19,20,23). The van der Waals surface area contributed by atoms with Crippen LogP contribution in [0.4, 0.5) is 11.4 Å². The Morgan fingerprint density at radius 2 is 1.87 bits per heavy atom. The van der Waals surface area contributed by atoms with Crippen LogP contribution in [0.15, 0.2) is 47.4 Å². The first-order chi connectivity index (χ1) is 11.2. The van der Waals surface area contributed by atoms with Crippen molar-refractivity contribution in [3.05, 3.63) is 53.1 Å². The SMILES string of the molecule is Nc1ccc(N2CCC(n3c(=O)[nH]c4ncccc43)CC2)cc1. The van der Waals surface area contributed by atoms with Gasteiger partial charge in [-0.15, -0.1) is 0 Å². The number of aromatic nitrogens is 3. The lowest BCUT2D eigenvalue weighted by molar-refractivity contribution is 0.396. The fourth-order valence-electron chi connectivity index (χ4n) is 3.39. The molecule has 118 valence electrons. The van der Waals surface area contributed by atoms with Crippen LogP contribution < -0.4 is 16.3 Å². The first kappa shape index (κ1) is 13.9. The number of hydrogen-bond acceptors (Lipinski definition) is 4. The second kappa shape index (κ2) is 5.46. The lowest BCUT2D eigenvalue weighted by atomic mass is 10.0. The molecule has 0 saturated carbocycles. The Kier molecular flexibility index (Phi) is 3.29. The van der Waals surface area contributed by atoms with Crippen LogP contribution in [0.1, 0.15) is 18.9 Å². The van der Waals surface area contributed by atoms with Gasteiger partial charge in [0, 0.05) is 36.7 Å². The minimum absolute atomic E-state index is 0.0652. The summed E-state index contributed by atoms with van der Waals surface area (Å²) < 4.78 is 1.86. The van der Waals surface area contributed by atoms with Gasteiger partial charge in [0.15, 0.2) is 5.65 Å². The Morgan fingerprint density at radius 1 is 1.13 bits per heavy atom. The zero-order valence-corrected chi connectivity index (χ0v) is 12.8. The largest absolute Gasteiger partial charge is 0.399 e. The lowest BCUT2D eigenvalue weighted by Gasteiger charge is -2.34. The van der Waals surface area contributed by atoms with E-state index >= 15 is 0 Å². The summed E-state index contributed by atoms with van der Waals surface area (Å²) in [4.78, 5) is 21.7. The summed E-state index contributed by atoms with van der Waals surface area (Å²) in [5, 5.41) is 0. The van der Waals surface area contributed by atoms with Crippen LogP contribution in [-0.4, -0.2) is 27.6 Å². The van der Waals surface area contributed by atoms with E-state index in [0.717, 1.165) is 37.1 Å². The number of piperidine rings is 1. The number of imidazole rings is 1. The van der Waals surface area contributed by atoms with Crippen LogP contribution in [0, 0.1) is 0 Å². The Balaban J connectivity index is 1.56. The molecule has 0 spiro atoms. The van der Waals surface area contributed by atoms with Gasteiger partial charge in [0.25, 0.3) is 0 Å². The molecule has 6 heteroatoms. The molecular formula is C17H19N5O. The Bertz CT molecular complexity index is 872. The second-order valence-corrected chi connectivity index (χ2v) is 5.98. The third-order valence-corrected chi connectivity index (χ3v) is 4.58. The molecule has 2 aromatic heterocycles. The molecule has 3 N–H and O–H groups in total. The van der Waals surface area contributed by atoms with Gasteiger partial charge in [-0.3, -0.25) is 9.55 Å². The van der Waals surface area contributed by atoms with E-state index in [1.807, 2.05) is 28.8 Å². The Hall–Kier alpha value is -2.76. The highest BCUT2D eigenvalue weighted by Gasteiger charge is 2.23. The molecule has 6 nitrogen and oxygen atoms in total. The predicted molar refractivity (Wildman–Crippen MR) is 91.7 cm³/mol. The average Bonchev–Trinajstić information content (AvgIpc) is 2.91. The minimum atomic E-state index is -0.0652. The molecule has 0 radical (unpaired) electrons. The van der Waals surface area contributed by atoms with Crippen molar-refractivity contribution in [2.45, 2.75) is 18.9 Å². The molecular weight excluding hydrogens is 290 g/mol. The number of H-pyrrole nitrogens is 1. The number of nitrogens with one attached hydrogen (secondary N) is 1. The molecule has 0 unspecified atom stereocenters. The maximum atomic E-state index is 12.3. The van der Waals surface area contributed by atoms with Crippen molar-refractivity contribution in [2.75, 3.05) is 23.7 Å². The molecule has 1 fully saturated rings. The molecule has 3 aromatic rings. The van der Waals surface area contributed by atoms with Crippen LogP contribution in [0.2, 0.25) is 0 Å². The van der Waals surface area contributed by atoms with E-state index in [-0.39, 0.29) is 11.7 Å². The molecule has 0 amide bonds. The van der Waals surface area contributed by atoms with Crippen LogP contribution in [0.25, 0.3) is 11.2 Å². The van der Waals surface area contributed by atoms with Crippen LogP contribution in [0.5, 0.6) is 0 Å². The molecule has 4 rings (SSSR count). The van der Waals surface area contributed by atoms with E-state index in [9.17, 15) is 4.79 Å². The maximum Gasteiger partial charge on any atom is 0.327 e. The third-order valence-electron chi connectivity index (χ3n) is 4.58. The fraction of sp³-hybridized carbons (Fsp3) is 0.294. The molecule has 3 heterocycles. The highest BCUT2D eigenvalue weighted by molar-refractivity contribution is 5.70. The van der Waals surface area contributed by atoms with E-state index in [4.69, 9.17) is 5.73 Å². The highest BCUT2D eigenvalue weighted by atomic mass is 16.1. The van der Waals surface area contributed by atoms with Gasteiger partial charge in [0.05, 0.1) is 5.52 Å². The molecule has 0 bridgehead atoms. The summed E-state index contributed by atoms with van der Waals surface area (Å²) in [7, 11) is 0. The van der Waals surface area contributed by atoms with E-state index in [1.165, 1.54) is 5.69 Å². The summed E-state index contributed by atoms with van der Waals surface area (Å²) in [6.45, 7) is 1.85. The number of nitrogen functional groups attached to an aromatic ring is 1. The topological polar surface area (TPSA) is 79.9 Å². The summed E-state index contributed by atoms with van der Waals surface area (Å²) >= 11 is 0.